The third-order valence-corrected chi connectivity index (χ3v) is 8.72. The molecule has 5 rings (SSSR count). The molecule has 46 heavy (non-hydrogen) atoms. The van der Waals surface area contributed by atoms with Crippen LogP contribution in [0, 0.1) is 5.41 Å². The molecule has 1 aliphatic carbocycles. The van der Waals surface area contributed by atoms with Crippen molar-refractivity contribution < 1.29 is 38.8 Å². The van der Waals surface area contributed by atoms with Gasteiger partial charge in [-0.05, 0) is 73.2 Å². The first-order valence-electron chi connectivity index (χ1n) is 15.2. The van der Waals surface area contributed by atoms with Crippen LogP contribution in [-0.4, -0.2) is 61.5 Å². The number of nitrogens with one attached hydrogen (secondary N) is 1. The van der Waals surface area contributed by atoms with Gasteiger partial charge in [-0.25, -0.2) is 4.79 Å². The van der Waals surface area contributed by atoms with Gasteiger partial charge in [-0.2, -0.15) is 0 Å². The molecule has 0 radical (unpaired) electrons. The molecule has 0 fully saturated rings. The van der Waals surface area contributed by atoms with Crippen molar-refractivity contribution in [2.45, 2.75) is 58.2 Å². The van der Waals surface area contributed by atoms with E-state index >= 15 is 0 Å². The number of nitrogens with zero attached hydrogens (tertiary/aromatic N) is 1. The number of benzene rings is 3. The molecule has 0 spiro atoms. The van der Waals surface area contributed by atoms with Gasteiger partial charge in [-0.3, -0.25) is 9.59 Å². The van der Waals surface area contributed by atoms with E-state index in [4.69, 9.17) is 25.8 Å². The lowest BCUT2D eigenvalue weighted by atomic mass is 9.87. The lowest BCUT2D eigenvalue weighted by Gasteiger charge is -2.32. The van der Waals surface area contributed by atoms with Crippen molar-refractivity contribution >= 4 is 40.8 Å². The number of aryl methyl sites for hydroxylation is 1. The fourth-order valence-electron chi connectivity index (χ4n) is 6.22. The van der Waals surface area contributed by atoms with Crippen LogP contribution in [0.3, 0.4) is 0 Å². The Morgan fingerprint density at radius 1 is 1.07 bits per heavy atom. The zero-order chi connectivity index (χ0) is 33.2. The molecule has 0 bridgehead atoms. The molecule has 0 unspecified atom stereocenters. The molecule has 3 aromatic rings. The standard InChI is InChI=1S/C35H39ClN2O8/c1-35(2,19-39)18-38-27-13-12-21(36)15-26(27)31(24-10-7-11-28(44-3)32(24)45-4)46-29(33(38)41)17-30(40)37-22-14-20-8-5-6-9-23(20)25(16-22)34(42)43/h7,10-16,29,31,39H,5-6,8-9,17-19H2,1-4H3,(H,37,40)(H,42,43)/t29-,31-/m1/s1. The van der Waals surface area contributed by atoms with Gasteiger partial charge in [-0.15, -0.1) is 0 Å². The second-order valence-corrected chi connectivity index (χ2v) is 12.9. The van der Waals surface area contributed by atoms with E-state index in [1.54, 1.807) is 36.4 Å². The number of ether oxygens (including phenoxy) is 3. The Hall–Kier alpha value is -4.12. The fourth-order valence-corrected chi connectivity index (χ4v) is 6.40. The first kappa shape index (κ1) is 33.2. The fraction of sp³-hybridized carbons (Fsp3) is 0.400. The van der Waals surface area contributed by atoms with E-state index in [1.165, 1.54) is 25.2 Å². The number of aliphatic hydroxyl groups excluding tert-OH is 1. The van der Waals surface area contributed by atoms with Crippen LogP contribution in [0.5, 0.6) is 11.5 Å². The number of carbonyl (C=O) groups is 3. The first-order chi connectivity index (χ1) is 22.0. The second kappa shape index (κ2) is 13.7. The summed E-state index contributed by atoms with van der Waals surface area (Å²) in [6, 6.07) is 13.7. The van der Waals surface area contributed by atoms with Crippen molar-refractivity contribution in [3.8, 4) is 11.5 Å². The number of fused-ring (bicyclic) bond motifs is 2. The molecule has 11 heteroatoms. The first-order valence-corrected chi connectivity index (χ1v) is 15.6. The molecule has 0 aromatic heterocycles. The maximum Gasteiger partial charge on any atom is 0.336 e. The number of anilines is 2. The highest BCUT2D eigenvalue weighted by Crippen LogP contribution is 2.45. The third-order valence-electron chi connectivity index (χ3n) is 8.48. The summed E-state index contributed by atoms with van der Waals surface area (Å²) >= 11 is 6.49. The van der Waals surface area contributed by atoms with Gasteiger partial charge in [0, 0.05) is 46.1 Å². The highest BCUT2D eigenvalue weighted by molar-refractivity contribution is 6.30. The van der Waals surface area contributed by atoms with E-state index in [9.17, 15) is 24.6 Å². The maximum absolute atomic E-state index is 14.3. The molecule has 2 atom stereocenters. The minimum atomic E-state index is -1.27. The lowest BCUT2D eigenvalue weighted by molar-refractivity contribution is -0.136. The number of hydrogen-bond acceptors (Lipinski definition) is 7. The van der Waals surface area contributed by atoms with Crippen molar-refractivity contribution in [2.24, 2.45) is 5.41 Å². The number of amides is 2. The summed E-state index contributed by atoms with van der Waals surface area (Å²) in [5, 5.41) is 23.2. The zero-order valence-electron chi connectivity index (χ0n) is 26.4. The Labute approximate surface area is 273 Å². The van der Waals surface area contributed by atoms with Crippen LogP contribution in [0.25, 0.3) is 0 Å². The van der Waals surface area contributed by atoms with Gasteiger partial charge >= 0.3 is 5.97 Å². The topological polar surface area (TPSA) is 135 Å². The Morgan fingerprint density at radius 3 is 2.52 bits per heavy atom. The van der Waals surface area contributed by atoms with Gasteiger partial charge < -0.3 is 34.6 Å². The quantitative estimate of drug-likeness (QED) is 0.251. The molecule has 3 aromatic carbocycles. The number of aromatic carboxylic acids is 1. The molecule has 2 amide bonds. The molecule has 3 N–H and O–H groups in total. The Kier molecular flexibility index (Phi) is 9.91. The smallest absolute Gasteiger partial charge is 0.336 e. The summed E-state index contributed by atoms with van der Waals surface area (Å²) in [4.78, 5) is 41.5. The summed E-state index contributed by atoms with van der Waals surface area (Å²) in [5.41, 5.74) is 3.19. The van der Waals surface area contributed by atoms with Crippen LogP contribution in [0.1, 0.15) is 71.8 Å². The molecule has 2 aliphatic rings. The van der Waals surface area contributed by atoms with Crippen LogP contribution >= 0.6 is 11.6 Å². The number of carboxylic acids is 1. The SMILES string of the molecule is COc1cccc([C@H]2O[C@H](CC(=O)Nc3cc4c(c(C(=O)O)c3)CCCC4)C(=O)N(CC(C)(C)CO)c3ccc(Cl)cc32)c1OC. The Balaban J connectivity index is 1.56. The number of rotatable bonds is 10. The Bertz CT molecular complexity index is 1660. The predicted molar refractivity (Wildman–Crippen MR) is 174 cm³/mol. The van der Waals surface area contributed by atoms with Crippen molar-refractivity contribution in [1.29, 1.82) is 0 Å². The van der Waals surface area contributed by atoms with Crippen LogP contribution in [0.15, 0.2) is 48.5 Å². The summed E-state index contributed by atoms with van der Waals surface area (Å²) in [7, 11) is 3.03. The normalized spacial score (nSPS) is 17.9. The van der Waals surface area contributed by atoms with Gasteiger partial charge in [0.05, 0.1) is 26.2 Å². The minimum absolute atomic E-state index is 0.132. The average Bonchev–Trinajstić information content (AvgIpc) is 3.14. The molecular formula is C35H39ClN2O8. The Morgan fingerprint density at radius 2 is 1.83 bits per heavy atom. The van der Waals surface area contributed by atoms with Gasteiger partial charge in [0.2, 0.25) is 5.91 Å². The number of hydrogen-bond donors (Lipinski definition) is 3. The molecule has 1 aliphatic heterocycles. The number of methoxy groups -OCH3 is 2. The van der Waals surface area contributed by atoms with Crippen LogP contribution < -0.4 is 19.7 Å². The van der Waals surface area contributed by atoms with Gasteiger partial charge in [-0.1, -0.05) is 37.6 Å². The van der Waals surface area contributed by atoms with E-state index in [1.807, 2.05) is 19.9 Å². The summed E-state index contributed by atoms with van der Waals surface area (Å²) in [6.45, 7) is 3.61. The van der Waals surface area contributed by atoms with Crippen molar-refractivity contribution in [3.05, 3.63) is 81.4 Å². The molecule has 10 nitrogen and oxygen atoms in total. The van der Waals surface area contributed by atoms with Crippen molar-refractivity contribution in [3.63, 3.8) is 0 Å². The number of carbonyl (C=O) groups excluding carboxylic acids is 2. The largest absolute Gasteiger partial charge is 0.493 e. The maximum atomic E-state index is 14.3. The lowest BCUT2D eigenvalue weighted by Crippen LogP contribution is -2.46. The van der Waals surface area contributed by atoms with Crippen LogP contribution in [0.4, 0.5) is 11.4 Å². The molecule has 0 saturated heterocycles. The number of carboxylic acid groups (broad SMARTS) is 1. The van der Waals surface area contributed by atoms with Gasteiger partial charge in [0.1, 0.15) is 12.2 Å². The van der Waals surface area contributed by atoms with Crippen molar-refractivity contribution in [1.82, 2.24) is 0 Å². The van der Waals surface area contributed by atoms with Gasteiger partial charge in [0.15, 0.2) is 11.5 Å². The summed E-state index contributed by atoms with van der Waals surface area (Å²) < 4.78 is 17.8. The molecule has 244 valence electrons. The minimum Gasteiger partial charge on any atom is -0.493 e. The number of aliphatic hydroxyl groups is 1. The second-order valence-electron chi connectivity index (χ2n) is 12.5. The highest BCUT2D eigenvalue weighted by atomic mass is 35.5. The van der Waals surface area contributed by atoms with Gasteiger partial charge in [0.25, 0.3) is 5.91 Å². The molecular weight excluding hydrogens is 612 g/mol. The summed E-state index contributed by atoms with van der Waals surface area (Å²) in [6.07, 6.45) is 0.728. The van der Waals surface area contributed by atoms with Crippen molar-refractivity contribution in [2.75, 3.05) is 37.6 Å². The zero-order valence-corrected chi connectivity index (χ0v) is 27.1. The van der Waals surface area contributed by atoms with Crippen LogP contribution in [-0.2, 0) is 27.2 Å². The monoisotopic (exact) mass is 650 g/mol. The average molecular weight is 651 g/mol. The summed E-state index contributed by atoms with van der Waals surface area (Å²) in [5.74, 6) is -1.19. The predicted octanol–water partition coefficient (Wildman–Crippen LogP) is 5.80. The highest BCUT2D eigenvalue weighted by Gasteiger charge is 2.40. The van der Waals surface area contributed by atoms with E-state index in [0.717, 1.165) is 30.4 Å². The number of para-hydroxylation sites is 1. The third kappa shape index (κ3) is 6.84. The molecule has 1 heterocycles. The van der Waals surface area contributed by atoms with E-state index < -0.39 is 35.4 Å². The van der Waals surface area contributed by atoms with E-state index in [0.29, 0.717) is 45.4 Å². The van der Waals surface area contributed by atoms with Crippen LogP contribution in [0.2, 0.25) is 5.02 Å². The number of halogens is 1. The molecule has 0 saturated carbocycles. The van der Waals surface area contributed by atoms with E-state index in [2.05, 4.69) is 5.32 Å². The van der Waals surface area contributed by atoms with E-state index in [-0.39, 0.29) is 25.1 Å².